The molecule has 0 aliphatic heterocycles. The maximum Gasteiger partial charge on any atom is 0.573 e. The monoisotopic (exact) mass is 312 g/mol. The molecule has 2 aromatic carbocycles. The van der Waals surface area contributed by atoms with Crippen molar-refractivity contribution in [3.05, 3.63) is 48.0 Å². The molecule has 0 aliphatic rings. The molecule has 0 radical (unpaired) electrons. The quantitative estimate of drug-likeness (QED) is 0.928. The Morgan fingerprint density at radius 2 is 1.77 bits per heavy atom. The number of methoxy groups -OCH3 is 1. The van der Waals surface area contributed by atoms with Crippen LogP contribution in [0.1, 0.15) is 10.4 Å². The Kier molecular flexibility index (Phi) is 4.25. The van der Waals surface area contributed by atoms with E-state index >= 15 is 0 Å². The second-order valence-electron chi connectivity index (χ2n) is 4.26. The number of halogens is 3. The van der Waals surface area contributed by atoms with Gasteiger partial charge in [-0.2, -0.15) is 0 Å². The summed E-state index contributed by atoms with van der Waals surface area (Å²) < 4.78 is 46.2. The zero-order valence-electron chi connectivity index (χ0n) is 11.3. The molecule has 0 bridgehead atoms. The van der Waals surface area contributed by atoms with Crippen molar-refractivity contribution in [2.45, 2.75) is 6.36 Å². The second kappa shape index (κ2) is 5.97. The van der Waals surface area contributed by atoms with Crippen LogP contribution in [0.3, 0.4) is 0 Å². The van der Waals surface area contributed by atoms with Gasteiger partial charge in [-0.3, -0.25) is 0 Å². The van der Waals surface area contributed by atoms with Gasteiger partial charge in [-0.15, -0.1) is 13.2 Å². The molecule has 0 saturated carbocycles. The number of aromatic carboxylic acids is 1. The lowest BCUT2D eigenvalue weighted by Crippen LogP contribution is -2.19. The summed E-state index contributed by atoms with van der Waals surface area (Å²) in [5.41, 5.74) is 0.298. The third-order valence-electron chi connectivity index (χ3n) is 2.86. The van der Waals surface area contributed by atoms with Gasteiger partial charge in [0.25, 0.3) is 0 Å². The number of hydrogen-bond acceptors (Lipinski definition) is 3. The standard InChI is InChI=1S/C15H11F3O4/c1-21-12-5-3-2-4-10(12)9-6-7-11(14(19)20)13(8-9)22-15(16,17)18/h2-8H,1H3,(H,19,20). The van der Waals surface area contributed by atoms with Crippen LogP contribution in [0, 0.1) is 0 Å². The van der Waals surface area contributed by atoms with Crippen LogP contribution in [0.25, 0.3) is 11.1 Å². The minimum absolute atomic E-state index is 0.349. The van der Waals surface area contributed by atoms with Gasteiger partial charge < -0.3 is 14.6 Å². The number of alkyl halides is 3. The van der Waals surface area contributed by atoms with Crippen LogP contribution < -0.4 is 9.47 Å². The first kappa shape index (κ1) is 15.7. The van der Waals surface area contributed by atoms with Crippen molar-refractivity contribution < 1.29 is 32.5 Å². The Hall–Kier alpha value is -2.70. The van der Waals surface area contributed by atoms with Crippen molar-refractivity contribution in [2.75, 3.05) is 7.11 Å². The molecule has 0 heterocycles. The zero-order valence-corrected chi connectivity index (χ0v) is 11.3. The number of rotatable bonds is 4. The number of para-hydroxylation sites is 1. The average molecular weight is 312 g/mol. The molecular formula is C15H11F3O4. The van der Waals surface area contributed by atoms with Gasteiger partial charge in [0, 0.05) is 5.56 Å². The highest BCUT2D eigenvalue weighted by atomic mass is 19.4. The summed E-state index contributed by atoms with van der Waals surface area (Å²) >= 11 is 0. The van der Waals surface area contributed by atoms with Gasteiger partial charge in [-0.25, -0.2) is 4.79 Å². The largest absolute Gasteiger partial charge is 0.573 e. The normalized spacial score (nSPS) is 11.1. The Labute approximate surface area is 123 Å². The van der Waals surface area contributed by atoms with E-state index in [-0.39, 0.29) is 0 Å². The lowest BCUT2D eigenvalue weighted by molar-refractivity contribution is -0.274. The maximum absolute atomic E-state index is 12.4. The molecule has 2 rings (SSSR count). The number of benzene rings is 2. The lowest BCUT2D eigenvalue weighted by atomic mass is 10.0. The maximum atomic E-state index is 12.4. The van der Waals surface area contributed by atoms with Crippen LogP contribution in [-0.2, 0) is 0 Å². The van der Waals surface area contributed by atoms with Crippen molar-refractivity contribution in [2.24, 2.45) is 0 Å². The Morgan fingerprint density at radius 1 is 1.09 bits per heavy atom. The average Bonchev–Trinajstić information content (AvgIpc) is 2.45. The third kappa shape index (κ3) is 3.49. The van der Waals surface area contributed by atoms with Crippen molar-refractivity contribution >= 4 is 5.97 Å². The summed E-state index contributed by atoms with van der Waals surface area (Å²) in [7, 11) is 1.43. The first-order valence-electron chi connectivity index (χ1n) is 6.08. The predicted octanol–water partition coefficient (Wildman–Crippen LogP) is 3.96. The number of carboxylic acid groups (broad SMARTS) is 1. The molecule has 0 saturated heterocycles. The van der Waals surface area contributed by atoms with Crippen LogP contribution in [0.4, 0.5) is 13.2 Å². The molecule has 4 nitrogen and oxygen atoms in total. The highest BCUT2D eigenvalue weighted by Crippen LogP contribution is 2.35. The summed E-state index contributed by atoms with van der Waals surface area (Å²) in [6.07, 6.45) is -4.98. The van der Waals surface area contributed by atoms with Gasteiger partial charge >= 0.3 is 12.3 Å². The van der Waals surface area contributed by atoms with Crippen LogP contribution >= 0.6 is 0 Å². The van der Waals surface area contributed by atoms with Crippen LogP contribution in [0.15, 0.2) is 42.5 Å². The van der Waals surface area contributed by atoms with E-state index in [1.807, 2.05) is 0 Å². The molecule has 1 N–H and O–H groups in total. The molecule has 0 fully saturated rings. The number of hydrogen-bond donors (Lipinski definition) is 1. The fourth-order valence-electron chi connectivity index (χ4n) is 1.96. The first-order chi connectivity index (χ1) is 10.3. The molecule has 0 aromatic heterocycles. The van der Waals surface area contributed by atoms with E-state index in [1.54, 1.807) is 24.3 Å². The molecule has 0 amide bonds. The van der Waals surface area contributed by atoms with Crippen LogP contribution in [0.2, 0.25) is 0 Å². The molecule has 116 valence electrons. The van der Waals surface area contributed by atoms with E-state index in [4.69, 9.17) is 9.84 Å². The molecule has 0 atom stereocenters. The Bertz CT molecular complexity index is 695. The zero-order chi connectivity index (χ0) is 16.3. The summed E-state index contributed by atoms with van der Waals surface area (Å²) in [5, 5.41) is 8.95. The smallest absolute Gasteiger partial charge is 0.496 e. The second-order valence-corrected chi connectivity index (χ2v) is 4.26. The van der Waals surface area contributed by atoms with E-state index in [0.29, 0.717) is 16.9 Å². The highest BCUT2D eigenvalue weighted by molar-refractivity contribution is 5.92. The van der Waals surface area contributed by atoms with Gasteiger partial charge in [0.2, 0.25) is 0 Å². The minimum Gasteiger partial charge on any atom is -0.496 e. The van der Waals surface area contributed by atoms with Crippen molar-refractivity contribution in [3.63, 3.8) is 0 Å². The molecule has 7 heteroatoms. The van der Waals surface area contributed by atoms with Crippen LogP contribution in [-0.4, -0.2) is 24.5 Å². The fourth-order valence-corrected chi connectivity index (χ4v) is 1.96. The van der Waals surface area contributed by atoms with E-state index < -0.39 is 23.6 Å². The lowest BCUT2D eigenvalue weighted by Gasteiger charge is -2.14. The molecule has 0 spiro atoms. The molecular weight excluding hydrogens is 301 g/mol. The van der Waals surface area contributed by atoms with Gasteiger partial charge in [-0.1, -0.05) is 24.3 Å². The van der Waals surface area contributed by atoms with Gasteiger partial charge in [0.1, 0.15) is 17.1 Å². The van der Waals surface area contributed by atoms with Crippen molar-refractivity contribution in [1.29, 1.82) is 0 Å². The van der Waals surface area contributed by atoms with E-state index in [9.17, 15) is 18.0 Å². The minimum atomic E-state index is -4.98. The number of ether oxygens (including phenoxy) is 2. The van der Waals surface area contributed by atoms with Crippen molar-refractivity contribution in [3.8, 4) is 22.6 Å². The van der Waals surface area contributed by atoms with Gasteiger partial charge in [0.15, 0.2) is 0 Å². The summed E-state index contributed by atoms with van der Waals surface area (Å²) in [6.45, 7) is 0. The van der Waals surface area contributed by atoms with E-state index in [0.717, 1.165) is 12.1 Å². The fraction of sp³-hybridized carbons (Fsp3) is 0.133. The van der Waals surface area contributed by atoms with E-state index in [1.165, 1.54) is 13.2 Å². The first-order valence-corrected chi connectivity index (χ1v) is 6.08. The van der Waals surface area contributed by atoms with Crippen molar-refractivity contribution in [1.82, 2.24) is 0 Å². The van der Waals surface area contributed by atoms with E-state index in [2.05, 4.69) is 4.74 Å². The van der Waals surface area contributed by atoms with Crippen LogP contribution in [0.5, 0.6) is 11.5 Å². The summed E-state index contributed by atoms with van der Waals surface area (Å²) in [5.74, 6) is -1.84. The molecule has 0 unspecified atom stereocenters. The Balaban J connectivity index is 2.55. The number of carboxylic acids is 1. The molecule has 0 aliphatic carbocycles. The van der Waals surface area contributed by atoms with Gasteiger partial charge in [0.05, 0.1) is 7.11 Å². The predicted molar refractivity (Wildman–Crippen MR) is 72.1 cm³/mol. The molecule has 22 heavy (non-hydrogen) atoms. The Morgan fingerprint density at radius 3 is 2.36 bits per heavy atom. The topological polar surface area (TPSA) is 55.8 Å². The number of carbonyl (C=O) groups is 1. The highest BCUT2D eigenvalue weighted by Gasteiger charge is 2.33. The molecule has 2 aromatic rings. The summed E-state index contributed by atoms with van der Waals surface area (Å²) in [4.78, 5) is 11.0. The summed E-state index contributed by atoms with van der Waals surface area (Å²) in [6, 6.07) is 10.2. The van der Waals surface area contributed by atoms with Gasteiger partial charge in [-0.05, 0) is 23.8 Å². The SMILES string of the molecule is COc1ccccc1-c1ccc(C(=O)O)c(OC(F)(F)F)c1. The third-order valence-corrected chi connectivity index (χ3v) is 2.86.